The Labute approximate surface area is 260 Å². The lowest BCUT2D eigenvalue weighted by molar-refractivity contribution is 0.669. The SMILES string of the molecule is [2H]c1c([2H])c([2H])c2c(-c3cccc4ccccc34)c3c([2H])c([2H])c([2H])c([2H])c3c(-c3ccc(-c4ccc5c(c4)oc4ccccc45)cc3)c2c1[2H]. The summed E-state index contributed by atoms with van der Waals surface area (Å²) in [6.45, 7) is 0. The van der Waals surface area contributed by atoms with Crippen molar-refractivity contribution in [3.8, 4) is 33.4 Å². The van der Waals surface area contributed by atoms with E-state index < -0.39 is 24.2 Å². The molecule has 1 heterocycles. The van der Waals surface area contributed by atoms with Gasteiger partial charge < -0.3 is 4.42 Å². The van der Waals surface area contributed by atoms with Crippen molar-refractivity contribution in [2.24, 2.45) is 0 Å². The Morgan fingerprint density at radius 3 is 1.70 bits per heavy atom. The lowest BCUT2D eigenvalue weighted by atomic mass is 9.84. The zero-order chi connectivity index (χ0) is 35.3. The van der Waals surface area contributed by atoms with Crippen LogP contribution in [0.15, 0.2) is 162 Å². The van der Waals surface area contributed by atoms with Crippen LogP contribution in [0.2, 0.25) is 0 Å². The fraction of sp³-hybridized carbons (Fsp3) is 0. The zero-order valence-corrected chi connectivity index (χ0v) is 22.8. The van der Waals surface area contributed by atoms with Gasteiger partial charge in [0.05, 0.1) is 11.0 Å². The number of rotatable bonds is 3. The van der Waals surface area contributed by atoms with Crippen LogP contribution in [0.3, 0.4) is 0 Å². The van der Waals surface area contributed by atoms with Crippen LogP contribution in [0.25, 0.3) is 87.6 Å². The van der Waals surface area contributed by atoms with Crippen molar-refractivity contribution in [1.82, 2.24) is 0 Å². The number of hydrogen-bond acceptors (Lipinski definition) is 1. The van der Waals surface area contributed by atoms with Crippen molar-refractivity contribution in [3.05, 3.63) is 158 Å². The quantitative estimate of drug-likeness (QED) is 0.198. The van der Waals surface area contributed by atoms with E-state index in [1.54, 1.807) is 0 Å². The van der Waals surface area contributed by atoms with Gasteiger partial charge in [-0.15, -0.1) is 0 Å². The van der Waals surface area contributed by atoms with Gasteiger partial charge in [0.25, 0.3) is 0 Å². The molecule has 0 unspecified atom stereocenters. The van der Waals surface area contributed by atoms with Crippen molar-refractivity contribution < 1.29 is 15.4 Å². The lowest BCUT2D eigenvalue weighted by Gasteiger charge is -2.19. The molecule has 0 saturated carbocycles. The highest BCUT2D eigenvalue weighted by atomic mass is 16.3. The normalized spacial score (nSPS) is 14.3. The average Bonchev–Trinajstić information content (AvgIpc) is 3.54. The summed E-state index contributed by atoms with van der Waals surface area (Å²) >= 11 is 0. The minimum Gasteiger partial charge on any atom is -0.456 e. The molecule has 0 aliphatic carbocycles. The molecule has 0 fully saturated rings. The van der Waals surface area contributed by atoms with E-state index in [2.05, 4.69) is 0 Å². The third-order valence-corrected chi connectivity index (χ3v) is 8.32. The maximum Gasteiger partial charge on any atom is 0.136 e. The molecular weight excluding hydrogens is 520 g/mol. The number of para-hydroxylation sites is 1. The first kappa shape index (κ1) is 17.3. The van der Waals surface area contributed by atoms with Gasteiger partial charge in [-0.1, -0.05) is 139 Å². The van der Waals surface area contributed by atoms with Crippen LogP contribution in [-0.4, -0.2) is 0 Å². The molecule has 1 aromatic heterocycles. The Hall–Kier alpha value is -5.66. The van der Waals surface area contributed by atoms with Gasteiger partial charge in [-0.25, -0.2) is 0 Å². The van der Waals surface area contributed by atoms with Gasteiger partial charge >= 0.3 is 0 Å². The molecule has 0 aliphatic rings. The summed E-state index contributed by atoms with van der Waals surface area (Å²) in [6, 6.07) is 31.9. The molecule has 0 saturated heterocycles. The van der Waals surface area contributed by atoms with Gasteiger partial charge in [-0.05, 0) is 83.9 Å². The fourth-order valence-corrected chi connectivity index (χ4v) is 6.36. The largest absolute Gasteiger partial charge is 0.456 e. The first-order valence-corrected chi connectivity index (χ1v) is 14.1. The molecule has 1 heteroatoms. The number of benzene rings is 8. The molecule has 0 spiro atoms. The first-order valence-electron chi connectivity index (χ1n) is 18.1. The standard InChI is InChI=1S/C42H26O/c1-2-12-31-28(10-1)11-9-18-34(31)42-37-16-5-3-14-35(37)41(36-15-4-6-17-38(36)42)29-22-20-27(21-23-29)30-24-25-33-32-13-7-8-19-39(32)43-40(33)26-30/h1-26H/i3D,4D,5D,6D,14D,15D,16D,17D. The molecule has 8 aromatic carbocycles. The smallest absolute Gasteiger partial charge is 0.136 e. The number of furan rings is 1. The van der Waals surface area contributed by atoms with Gasteiger partial charge in [0.15, 0.2) is 0 Å². The highest BCUT2D eigenvalue weighted by Gasteiger charge is 2.18. The predicted octanol–water partition coefficient (Wildman–Crippen LogP) is 12.0. The third-order valence-electron chi connectivity index (χ3n) is 8.32. The van der Waals surface area contributed by atoms with Crippen molar-refractivity contribution in [1.29, 1.82) is 0 Å². The molecule has 1 nitrogen and oxygen atoms in total. The minimum absolute atomic E-state index is 0.193. The summed E-state index contributed by atoms with van der Waals surface area (Å²) in [5, 5.41) is 4.51. The Balaban J connectivity index is 1.39. The topological polar surface area (TPSA) is 13.1 Å². The third kappa shape index (κ3) is 3.72. The van der Waals surface area contributed by atoms with Crippen LogP contribution in [0.4, 0.5) is 0 Å². The van der Waals surface area contributed by atoms with E-state index in [1.165, 1.54) is 0 Å². The lowest BCUT2D eigenvalue weighted by Crippen LogP contribution is -1.91. The Morgan fingerprint density at radius 2 is 0.953 bits per heavy atom. The van der Waals surface area contributed by atoms with E-state index in [9.17, 15) is 5.48 Å². The van der Waals surface area contributed by atoms with Crippen LogP contribution in [-0.2, 0) is 0 Å². The van der Waals surface area contributed by atoms with E-state index in [-0.39, 0.29) is 45.7 Å². The summed E-state index contributed by atoms with van der Waals surface area (Å²) < 4.78 is 77.9. The summed E-state index contributed by atoms with van der Waals surface area (Å²) in [4.78, 5) is 0. The summed E-state index contributed by atoms with van der Waals surface area (Å²) in [7, 11) is 0. The first-order chi connectivity index (χ1) is 24.7. The number of fused-ring (bicyclic) bond motifs is 6. The maximum absolute atomic E-state index is 9.24. The molecule has 200 valence electrons. The minimum atomic E-state index is -0.423. The Kier molecular flexibility index (Phi) is 3.80. The van der Waals surface area contributed by atoms with E-state index in [0.717, 1.165) is 43.8 Å². The van der Waals surface area contributed by atoms with Crippen LogP contribution >= 0.6 is 0 Å². The summed E-state index contributed by atoms with van der Waals surface area (Å²) in [5.41, 5.74) is 5.19. The highest BCUT2D eigenvalue weighted by Crippen LogP contribution is 2.45. The van der Waals surface area contributed by atoms with Crippen molar-refractivity contribution >= 4 is 54.3 Å². The summed E-state index contributed by atoms with van der Waals surface area (Å²) in [5.74, 6) is 0. The molecule has 9 aromatic rings. The van der Waals surface area contributed by atoms with Crippen molar-refractivity contribution in [3.63, 3.8) is 0 Å². The highest BCUT2D eigenvalue weighted by molar-refractivity contribution is 6.23. The van der Waals surface area contributed by atoms with E-state index in [1.807, 2.05) is 109 Å². The van der Waals surface area contributed by atoms with Gasteiger partial charge in [-0.2, -0.15) is 0 Å². The fourth-order valence-electron chi connectivity index (χ4n) is 6.36. The molecule has 0 bridgehead atoms. The number of hydrogen-bond donors (Lipinski definition) is 0. The molecule has 0 aliphatic heterocycles. The predicted molar refractivity (Wildman–Crippen MR) is 183 cm³/mol. The van der Waals surface area contributed by atoms with Crippen LogP contribution in [0.1, 0.15) is 11.0 Å². The monoisotopic (exact) mass is 554 g/mol. The zero-order valence-electron chi connectivity index (χ0n) is 30.8. The van der Waals surface area contributed by atoms with Gasteiger partial charge in [0.2, 0.25) is 0 Å². The Bertz CT molecular complexity index is 2860. The van der Waals surface area contributed by atoms with Crippen LogP contribution < -0.4 is 0 Å². The second-order valence-corrected chi connectivity index (χ2v) is 10.7. The molecule has 43 heavy (non-hydrogen) atoms. The van der Waals surface area contributed by atoms with Crippen molar-refractivity contribution in [2.75, 3.05) is 0 Å². The average molecular weight is 555 g/mol. The molecular formula is C42H26O. The molecule has 0 N–H and O–H groups in total. The van der Waals surface area contributed by atoms with E-state index >= 15 is 0 Å². The Morgan fingerprint density at radius 1 is 0.395 bits per heavy atom. The second kappa shape index (κ2) is 9.44. The van der Waals surface area contributed by atoms with Gasteiger partial charge in [0, 0.05) is 10.8 Å². The summed E-state index contributed by atoms with van der Waals surface area (Å²) in [6.07, 6.45) is 0. The van der Waals surface area contributed by atoms with E-state index in [4.69, 9.17) is 9.90 Å². The molecule has 0 radical (unpaired) electrons. The molecule has 0 amide bonds. The molecule has 9 rings (SSSR count). The van der Waals surface area contributed by atoms with Crippen molar-refractivity contribution in [2.45, 2.75) is 0 Å². The second-order valence-electron chi connectivity index (χ2n) is 10.7. The van der Waals surface area contributed by atoms with E-state index in [0.29, 0.717) is 22.3 Å². The van der Waals surface area contributed by atoms with Crippen LogP contribution in [0, 0.1) is 0 Å². The maximum atomic E-state index is 9.24. The van der Waals surface area contributed by atoms with Gasteiger partial charge in [0.1, 0.15) is 11.2 Å². The van der Waals surface area contributed by atoms with Gasteiger partial charge in [-0.3, -0.25) is 0 Å². The molecule has 0 atom stereocenters. The van der Waals surface area contributed by atoms with Crippen LogP contribution in [0.5, 0.6) is 0 Å².